The maximum absolute atomic E-state index is 6.00. The molecule has 3 nitrogen and oxygen atoms in total. The molecule has 0 amide bonds. The zero-order chi connectivity index (χ0) is 15.1. The Labute approximate surface area is 130 Å². The molecule has 0 aromatic heterocycles. The van der Waals surface area contributed by atoms with Gasteiger partial charge in [0.15, 0.2) is 11.5 Å². The van der Waals surface area contributed by atoms with Gasteiger partial charge in [0.1, 0.15) is 0 Å². The highest BCUT2D eigenvalue weighted by atomic mass is 79.9. The third-order valence-electron chi connectivity index (χ3n) is 3.09. The van der Waals surface area contributed by atoms with E-state index in [-0.39, 0.29) is 6.04 Å². The van der Waals surface area contributed by atoms with E-state index in [9.17, 15) is 0 Å². The molecule has 0 heterocycles. The smallest absolute Gasteiger partial charge is 0.175 e. The summed E-state index contributed by atoms with van der Waals surface area (Å²) >= 11 is 3.55. The van der Waals surface area contributed by atoms with Crippen LogP contribution in [0.2, 0.25) is 0 Å². The fraction of sp³-hybridized carbons (Fsp3) is 0.500. The second-order valence-corrected chi connectivity index (χ2v) is 5.89. The second kappa shape index (κ2) is 8.32. The lowest BCUT2D eigenvalue weighted by Gasteiger charge is -2.16. The Balaban J connectivity index is 2.87. The van der Waals surface area contributed by atoms with Crippen LogP contribution in [-0.4, -0.2) is 19.8 Å². The van der Waals surface area contributed by atoms with Crippen LogP contribution >= 0.6 is 15.9 Å². The molecule has 112 valence electrons. The Morgan fingerprint density at radius 1 is 1.45 bits per heavy atom. The number of nitrogens with two attached hydrogens (primary N) is 1. The van der Waals surface area contributed by atoms with Gasteiger partial charge in [-0.3, -0.25) is 0 Å². The minimum absolute atomic E-state index is 0.168. The van der Waals surface area contributed by atoms with Gasteiger partial charge in [0, 0.05) is 12.5 Å². The molecule has 4 heteroatoms. The van der Waals surface area contributed by atoms with Gasteiger partial charge < -0.3 is 15.2 Å². The summed E-state index contributed by atoms with van der Waals surface area (Å²) in [5, 5.41) is 0. The first kappa shape index (κ1) is 17.1. The van der Waals surface area contributed by atoms with E-state index in [0.29, 0.717) is 6.61 Å². The van der Waals surface area contributed by atoms with Crippen molar-refractivity contribution in [1.29, 1.82) is 0 Å². The first-order chi connectivity index (χ1) is 9.47. The first-order valence-corrected chi connectivity index (χ1v) is 7.66. The third-order valence-corrected chi connectivity index (χ3v) is 3.68. The Hall–Kier alpha value is -1.00. The van der Waals surface area contributed by atoms with E-state index in [4.69, 9.17) is 15.2 Å². The zero-order valence-corrected chi connectivity index (χ0v) is 14.1. The maximum atomic E-state index is 6.00. The number of halogens is 1. The highest BCUT2D eigenvalue weighted by Gasteiger charge is 2.13. The Kier molecular flexibility index (Phi) is 7.10. The molecule has 1 unspecified atom stereocenters. The molecule has 0 radical (unpaired) electrons. The van der Waals surface area contributed by atoms with E-state index < -0.39 is 0 Å². The lowest BCUT2D eigenvalue weighted by atomic mass is 10.0. The summed E-state index contributed by atoms with van der Waals surface area (Å²) in [7, 11) is 1.65. The summed E-state index contributed by atoms with van der Waals surface area (Å²) in [5.41, 5.74) is 8.25. The van der Waals surface area contributed by atoms with Crippen molar-refractivity contribution < 1.29 is 9.47 Å². The molecular formula is C16H24BrNO2. The van der Waals surface area contributed by atoms with Gasteiger partial charge in [0.05, 0.1) is 18.2 Å². The van der Waals surface area contributed by atoms with Crippen molar-refractivity contribution in [2.24, 2.45) is 5.73 Å². The van der Waals surface area contributed by atoms with Crippen molar-refractivity contribution in [3.05, 3.63) is 34.3 Å². The van der Waals surface area contributed by atoms with Crippen molar-refractivity contribution in [3.8, 4) is 11.5 Å². The van der Waals surface area contributed by atoms with Crippen molar-refractivity contribution in [2.75, 3.05) is 13.7 Å². The molecule has 1 rings (SSSR count). The summed E-state index contributed by atoms with van der Waals surface area (Å²) in [6, 6.07) is 4.21. The van der Waals surface area contributed by atoms with Gasteiger partial charge in [-0.15, -0.1) is 6.58 Å². The highest BCUT2D eigenvalue weighted by Crippen LogP contribution is 2.37. The topological polar surface area (TPSA) is 44.5 Å². The normalized spacial score (nSPS) is 12.1. The van der Waals surface area contributed by atoms with E-state index in [1.54, 1.807) is 7.11 Å². The molecule has 0 fully saturated rings. The number of benzene rings is 1. The highest BCUT2D eigenvalue weighted by molar-refractivity contribution is 9.10. The van der Waals surface area contributed by atoms with Crippen LogP contribution in [0.25, 0.3) is 0 Å². The van der Waals surface area contributed by atoms with Crippen LogP contribution in [0.1, 0.15) is 32.3 Å². The third kappa shape index (κ3) is 5.17. The lowest BCUT2D eigenvalue weighted by molar-refractivity contribution is 0.295. The first-order valence-electron chi connectivity index (χ1n) is 6.87. The summed E-state index contributed by atoms with van der Waals surface area (Å²) in [5.74, 6) is 1.47. The molecule has 1 atom stereocenters. The SMILES string of the molecule is C=C(C)CCOc1c(Br)cc(CC(N)CC)cc1OC. The van der Waals surface area contributed by atoms with Crippen LogP contribution in [0, 0.1) is 0 Å². The molecule has 2 N–H and O–H groups in total. The second-order valence-electron chi connectivity index (χ2n) is 5.04. The summed E-state index contributed by atoms with van der Waals surface area (Å²) < 4.78 is 12.1. The number of hydrogen-bond acceptors (Lipinski definition) is 3. The molecule has 0 bridgehead atoms. The molecule has 0 spiro atoms. The van der Waals surface area contributed by atoms with Crippen molar-refractivity contribution in [1.82, 2.24) is 0 Å². The predicted octanol–water partition coefficient (Wildman–Crippen LogP) is 4.08. The fourth-order valence-electron chi connectivity index (χ4n) is 1.81. The van der Waals surface area contributed by atoms with Crippen LogP contribution in [-0.2, 0) is 6.42 Å². The average Bonchev–Trinajstić information content (AvgIpc) is 2.40. The molecule has 1 aromatic carbocycles. The molecular weight excluding hydrogens is 318 g/mol. The van der Waals surface area contributed by atoms with Gasteiger partial charge in [-0.2, -0.15) is 0 Å². The quantitative estimate of drug-likeness (QED) is 0.724. The summed E-state index contributed by atoms with van der Waals surface area (Å²) in [6.07, 6.45) is 2.62. The largest absolute Gasteiger partial charge is 0.493 e. The molecule has 0 aliphatic carbocycles. The van der Waals surface area contributed by atoms with Gasteiger partial charge in [-0.25, -0.2) is 0 Å². The molecule has 0 saturated carbocycles. The van der Waals surface area contributed by atoms with Crippen LogP contribution in [0.3, 0.4) is 0 Å². The molecule has 0 aliphatic rings. The van der Waals surface area contributed by atoms with Gasteiger partial charge >= 0.3 is 0 Å². The average molecular weight is 342 g/mol. The maximum Gasteiger partial charge on any atom is 0.175 e. The van der Waals surface area contributed by atoms with Crippen LogP contribution in [0.15, 0.2) is 28.8 Å². The van der Waals surface area contributed by atoms with Gasteiger partial charge in [0.2, 0.25) is 0 Å². The zero-order valence-electron chi connectivity index (χ0n) is 12.5. The van der Waals surface area contributed by atoms with Crippen molar-refractivity contribution in [2.45, 2.75) is 39.2 Å². The Morgan fingerprint density at radius 3 is 2.70 bits per heavy atom. The molecule has 1 aromatic rings. The van der Waals surface area contributed by atoms with Crippen LogP contribution in [0.5, 0.6) is 11.5 Å². The standard InChI is InChI=1S/C16H24BrNO2/c1-5-13(18)8-12-9-14(17)16(15(10-12)19-4)20-7-6-11(2)3/h9-10,13H,2,5-8,18H2,1,3-4H3. The fourth-order valence-corrected chi connectivity index (χ4v) is 2.41. The number of ether oxygens (including phenoxy) is 2. The molecule has 0 aliphatic heterocycles. The predicted molar refractivity (Wildman–Crippen MR) is 87.6 cm³/mol. The number of hydrogen-bond donors (Lipinski definition) is 1. The number of methoxy groups -OCH3 is 1. The van der Waals surface area contributed by atoms with Gasteiger partial charge in [0.25, 0.3) is 0 Å². The van der Waals surface area contributed by atoms with Crippen molar-refractivity contribution in [3.63, 3.8) is 0 Å². The summed E-state index contributed by atoms with van der Waals surface area (Å²) in [4.78, 5) is 0. The lowest BCUT2D eigenvalue weighted by Crippen LogP contribution is -2.21. The molecule has 20 heavy (non-hydrogen) atoms. The minimum atomic E-state index is 0.168. The Morgan fingerprint density at radius 2 is 2.15 bits per heavy atom. The molecule has 0 saturated heterocycles. The van der Waals surface area contributed by atoms with E-state index in [0.717, 1.165) is 46.4 Å². The Bertz CT molecular complexity index is 460. The van der Waals surface area contributed by atoms with Crippen molar-refractivity contribution >= 4 is 15.9 Å². The minimum Gasteiger partial charge on any atom is -0.493 e. The number of rotatable bonds is 8. The van der Waals surface area contributed by atoms with Crippen LogP contribution in [0.4, 0.5) is 0 Å². The van der Waals surface area contributed by atoms with Gasteiger partial charge in [-0.1, -0.05) is 12.5 Å². The van der Waals surface area contributed by atoms with E-state index in [2.05, 4.69) is 29.4 Å². The van der Waals surface area contributed by atoms with E-state index in [1.165, 1.54) is 0 Å². The van der Waals surface area contributed by atoms with Gasteiger partial charge in [-0.05, 0) is 53.4 Å². The van der Waals surface area contributed by atoms with E-state index >= 15 is 0 Å². The van der Waals surface area contributed by atoms with Crippen LogP contribution < -0.4 is 15.2 Å². The van der Waals surface area contributed by atoms with E-state index in [1.807, 2.05) is 19.1 Å². The monoisotopic (exact) mass is 341 g/mol. The summed E-state index contributed by atoms with van der Waals surface area (Å²) in [6.45, 7) is 8.55.